The molecule has 2 aromatic heterocycles. The van der Waals surface area contributed by atoms with Crippen molar-refractivity contribution in [2.75, 3.05) is 12.4 Å². The molecule has 0 saturated heterocycles. The van der Waals surface area contributed by atoms with Crippen molar-refractivity contribution in [1.82, 2.24) is 9.78 Å². The monoisotopic (exact) mass is 488 g/mol. The van der Waals surface area contributed by atoms with Crippen LogP contribution in [-0.4, -0.2) is 35.0 Å². The van der Waals surface area contributed by atoms with Gasteiger partial charge < -0.3 is 10.1 Å². The number of carbonyl (C=O) groups is 2. The molecule has 0 atom stereocenters. The first-order valence-electron chi connectivity index (χ1n) is 10.8. The van der Waals surface area contributed by atoms with Crippen molar-refractivity contribution in [2.24, 2.45) is 4.99 Å². The van der Waals surface area contributed by atoms with Crippen LogP contribution in [0.5, 0.6) is 0 Å². The SMILES string of the molecule is COC(=O)c1c(N=Cc2c(C)[nH]n(-c3ccccc3)c2=O)sc(C(=O)Nc2ccccc2C)c1C. The van der Waals surface area contributed by atoms with E-state index in [9.17, 15) is 14.4 Å². The second kappa shape index (κ2) is 9.94. The number of H-pyrrole nitrogens is 1. The highest BCUT2D eigenvalue weighted by atomic mass is 32.1. The van der Waals surface area contributed by atoms with Crippen LogP contribution in [-0.2, 0) is 4.74 Å². The summed E-state index contributed by atoms with van der Waals surface area (Å²) in [5, 5.41) is 6.22. The zero-order valence-corrected chi connectivity index (χ0v) is 20.5. The molecule has 8 nitrogen and oxygen atoms in total. The lowest BCUT2D eigenvalue weighted by atomic mass is 10.1. The zero-order valence-electron chi connectivity index (χ0n) is 19.7. The highest BCUT2D eigenvalue weighted by molar-refractivity contribution is 7.18. The molecular formula is C26H24N4O4S. The van der Waals surface area contributed by atoms with E-state index in [-0.39, 0.29) is 22.0 Å². The number of nitrogens with zero attached hydrogens (tertiary/aromatic N) is 2. The van der Waals surface area contributed by atoms with Gasteiger partial charge in [-0.15, -0.1) is 11.3 Å². The van der Waals surface area contributed by atoms with Gasteiger partial charge in [0.15, 0.2) is 0 Å². The zero-order chi connectivity index (χ0) is 25.1. The molecule has 0 aliphatic rings. The molecule has 9 heteroatoms. The van der Waals surface area contributed by atoms with Crippen LogP contribution in [0.3, 0.4) is 0 Å². The number of nitrogens with one attached hydrogen (secondary N) is 2. The van der Waals surface area contributed by atoms with Gasteiger partial charge >= 0.3 is 5.97 Å². The molecule has 35 heavy (non-hydrogen) atoms. The third kappa shape index (κ3) is 4.71. The van der Waals surface area contributed by atoms with Gasteiger partial charge in [-0.1, -0.05) is 36.4 Å². The lowest BCUT2D eigenvalue weighted by Gasteiger charge is -2.07. The molecule has 0 bridgehead atoms. The summed E-state index contributed by atoms with van der Waals surface area (Å²) in [7, 11) is 1.27. The maximum atomic E-state index is 13.0. The Balaban J connectivity index is 1.72. The predicted molar refractivity (Wildman–Crippen MR) is 138 cm³/mol. The molecule has 178 valence electrons. The van der Waals surface area contributed by atoms with Crippen molar-refractivity contribution in [2.45, 2.75) is 20.8 Å². The van der Waals surface area contributed by atoms with Gasteiger partial charge in [-0.05, 0) is 50.1 Å². The van der Waals surface area contributed by atoms with E-state index in [1.807, 2.05) is 61.5 Å². The number of para-hydroxylation sites is 2. The number of methoxy groups -OCH3 is 1. The molecular weight excluding hydrogens is 464 g/mol. The Morgan fingerprint density at radius 1 is 1.06 bits per heavy atom. The van der Waals surface area contributed by atoms with Crippen LogP contribution < -0.4 is 10.9 Å². The molecule has 0 saturated carbocycles. The van der Waals surface area contributed by atoms with E-state index in [1.165, 1.54) is 18.0 Å². The quantitative estimate of drug-likeness (QED) is 0.296. The van der Waals surface area contributed by atoms with Gasteiger partial charge in [0.25, 0.3) is 11.5 Å². The molecule has 4 aromatic rings. The van der Waals surface area contributed by atoms with Crippen LogP contribution in [0.15, 0.2) is 64.4 Å². The van der Waals surface area contributed by atoms with Gasteiger partial charge in [-0.2, -0.15) is 0 Å². The number of hydrogen-bond acceptors (Lipinski definition) is 6. The van der Waals surface area contributed by atoms with Crippen molar-refractivity contribution in [1.29, 1.82) is 0 Å². The van der Waals surface area contributed by atoms with Gasteiger partial charge in [0, 0.05) is 17.6 Å². The molecule has 2 N–H and O–H groups in total. The Kier molecular flexibility index (Phi) is 6.79. The molecule has 4 rings (SSSR count). The lowest BCUT2D eigenvalue weighted by molar-refractivity contribution is 0.0601. The summed E-state index contributed by atoms with van der Waals surface area (Å²) < 4.78 is 6.37. The van der Waals surface area contributed by atoms with Gasteiger partial charge in [-0.3, -0.25) is 14.7 Å². The number of aromatic amines is 1. The Morgan fingerprint density at radius 2 is 1.74 bits per heavy atom. The average Bonchev–Trinajstić information content (AvgIpc) is 3.34. The Bertz CT molecular complexity index is 1500. The van der Waals surface area contributed by atoms with E-state index in [2.05, 4.69) is 15.4 Å². The first-order chi connectivity index (χ1) is 16.8. The number of aliphatic imine (C=N–C) groups is 1. The van der Waals surface area contributed by atoms with Crippen molar-refractivity contribution in [3.05, 3.63) is 97.8 Å². The second-order valence-corrected chi connectivity index (χ2v) is 8.88. The van der Waals surface area contributed by atoms with Crippen LogP contribution in [0, 0.1) is 20.8 Å². The fourth-order valence-corrected chi connectivity index (χ4v) is 4.67. The highest BCUT2D eigenvalue weighted by Crippen LogP contribution is 2.36. The van der Waals surface area contributed by atoms with E-state index in [0.29, 0.717) is 33.1 Å². The minimum atomic E-state index is -0.603. The number of hydrogen-bond donors (Lipinski definition) is 2. The minimum Gasteiger partial charge on any atom is -0.465 e. The van der Waals surface area contributed by atoms with Crippen molar-refractivity contribution >= 4 is 40.1 Å². The third-order valence-electron chi connectivity index (χ3n) is 5.56. The molecule has 0 fully saturated rings. The van der Waals surface area contributed by atoms with Crippen molar-refractivity contribution < 1.29 is 14.3 Å². The molecule has 2 heterocycles. The number of aryl methyl sites for hydroxylation is 2. The Labute approximate surface area is 205 Å². The van der Waals surface area contributed by atoms with E-state index in [4.69, 9.17) is 4.74 Å². The number of rotatable bonds is 6. The summed E-state index contributed by atoms with van der Waals surface area (Å²) in [4.78, 5) is 43.4. The molecule has 2 aromatic carbocycles. The van der Waals surface area contributed by atoms with Crippen LogP contribution in [0.4, 0.5) is 10.7 Å². The van der Waals surface area contributed by atoms with Crippen molar-refractivity contribution in [3.8, 4) is 5.69 Å². The number of amides is 1. The van der Waals surface area contributed by atoms with E-state index >= 15 is 0 Å². The number of thiophene rings is 1. The predicted octanol–water partition coefficient (Wildman–Crippen LogP) is 4.94. The standard InChI is InChI=1S/C26H24N4O4S/c1-15-10-8-9-13-20(15)28-23(31)22-16(2)21(26(33)34-4)24(35-22)27-14-19-17(3)29-30(25(19)32)18-11-6-5-7-12-18/h5-14,29H,1-4H3,(H,28,31). The van der Waals surface area contributed by atoms with Crippen LogP contribution in [0.25, 0.3) is 5.69 Å². The molecule has 1 amide bonds. The smallest absolute Gasteiger partial charge is 0.341 e. The van der Waals surface area contributed by atoms with Crippen LogP contribution >= 0.6 is 11.3 Å². The normalized spacial score (nSPS) is 11.1. The van der Waals surface area contributed by atoms with Gasteiger partial charge in [-0.25, -0.2) is 14.5 Å². The minimum absolute atomic E-state index is 0.195. The third-order valence-corrected chi connectivity index (χ3v) is 6.76. The summed E-state index contributed by atoms with van der Waals surface area (Å²) >= 11 is 1.07. The summed E-state index contributed by atoms with van der Waals surface area (Å²) in [5.41, 5.74) is 3.64. The summed E-state index contributed by atoms with van der Waals surface area (Å²) in [6.45, 7) is 5.34. The van der Waals surface area contributed by atoms with E-state index in [1.54, 1.807) is 13.8 Å². The van der Waals surface area contributed by atoms with Crippen LogP contribution in [0.2, 0.25) is 0 Å². The summed E-state index contributed by atoms with van der Waals surface area (Å²) in [6, 6.07) is 16.6. The first kappa shape index (κ1) is 23.9. The molecule has 0 spiro atoms. The number of anilines is 1. The van der Waals surface area contributed by atoms with Crippen LogP contribution in [0.1, 0.15) is 42.4 Å². The highest BCUT2D eigenvalue weighted by Gasteiger charge is 2.25. The molecule has 0 unspecified atom stereocenters. The maximum absolute atomic E-state index is 13.0. The van der Waals surface area contributed by atoms with Gasteiger partial charge in [0.1, 0.15) is 10.6 Å². The number of esters is 1. The topological polar surface area (TPSA) is 106 Å². The average molecular weight is 489 g/mol. The van der Waals surface area contributed by atoms with Gasteiger partial charge in [0.05, 0.1) is 23.2 Å². The van der Waals surface area contributed by atoms with Gasteiger partial charge in [0.2, 0.25) is 0 Å². The molecule has 0 aliphatic carbocycles. The molecule has 0 radical (unpaired) electrons. The van der Waals surface area contributed by atoms with E-state index in [0.717, 1.165) is 16.9 Å². The fraction of sp³-hybridized carbons (Fsp3) is 0.154. The largest absolute Gasteiger partial charge is 0.465 e. The van der Waals surface area contributed by atoms with E-state index < -0.39 is 5.97 Å². The fourth-order valence-electron chi connectivity index (χ4n) is 3.63. The second-order valence-electron chi connectivity index (χ2n) is 7.88. The Hall–Kier alpha value is -4.24. The number of benzene rings is 2. The maximum Gasteiger partial charge on any atom is 0.341 e. The summed E-state index contributed by atoms with van der Waals surface area (Å²) in [6.07, 6.45) is 1.41. The number of ether oxygens (including phenoxy) is 1. The number of aromatic nitrogens is 2. The lowest BCUT2D eigenvalue weighted by Crippen LogP contribution is -2.17. The Morgan fingerprint density at radius 3 is 2.43 bits per heavy atom. The number of carbonyl (C=O) groups excluding carboxylic acids is 2. The molecule has 0 aliphatic heterocycles. The van der Waals surface area contributed by atoms with Crippen molar-refractivity contribution in [3.63, 3.8) is 0 Å². The summed E-state index contributed by atoms with van der Waals surface area (Å²) in [5.74, 6) is -0.953. The first-order valence-corrected chi connectivity index (χ1v) is 11.6.